The topological polar surface area (TPSA) is 48.4 Å². The lowest BCUT2D eigenvalue weighted by Crippen LogP contribution is -2.03. The Morgan fingerprint density at radius 1 is 1.50 bits per heavy atom. The first-order valence-corrected chi connectivity index (χ1v) is 4.39. The number of hydrogen-bond acceptors (Lipinski definition) is 4. The maximum atomic E-state index is 11.0. The molecule has 0 atom stereocenters. The first-order valence-electron chi connectivity index (χ1n) is 4.39. The second-order valence-corrected chi connectivity index (χ2v) is 2.67. The van der Waals surface area contributed by atoms with E-state index in [1.54, 1.807) is 12.1 Å². The lowest BCUT2D eigenvalue weighted by molar-refractivity contribution is 0.0600. The first kappa shape index (κ1) is 10.7. The summed E-state index contributed by atoms with van der Waals surface area (Å²) < 4.78 is 9.71. The number of ether oxygens (including phenoxy) is 2. The molecule has 0 saturated heterocycles. The molecule has 4 heteroatoms. The van der Waals surface area contributed by atoms with Gasteiger partial charge in [-0.25, -0.2) is 4.79 Å². The summed E-state index contributed by atoms with van der Waals surface area (Å²) in [4.78, 5) is 15.1. The Labute approximate surface area is 82.9 Å². The van der Waals surface area contributed by atoms with Crippen LogP contribution in [0.15, 0.2) is 18.3 Å². The van der Waals surface area contributed by atoms with Crippen molar-refractivity contribution in [1.29, 1.82) is 0 Å². The molecule has 1 rings (SSSR count). The molecule has 0 aliphatic carbocycles. The van der Waals surface area contributed by atoms with Crippen molar-refractivity contribution in [2.24, 2.45) is 0 Å². The smallest absolute Gasteiger partial charge is 0.339 e. The predicted molar refractivity (Wildman–Crippen MR) is 50.9 cm³/mol. The molecule has 0 spiro atoms. The van der Waals surface area contributed by atoms with E-state index in [9.17, 15) is 4.79 Å². The van der Waals surface area contributed by atoms with E-state index >= 15 is 0 Å². The van der Waals surface area contributed by atoms with E-state index in [1.807, 2.05) is 6.92 Å². The van der Waals surface area contributed by atoms with Crippen molar-refractivity contribution in [3.8, 4) is 0 Å². The van der Waals surface area contributed by atoms with Gasteiger partial charge in [0, 0.05) is 12.8 Å². The highest BCUT2D eigenvalue weighted by Crippen LogP contribution is 2.02. The molecule has 1 aromatic rings. The highest BCUT2D eigenvalue weighted by atomic mass is 16.5. The molecule has 0 amide bonds. The van der Waals surface area contributed by atoms with E-state index in [1.165, 1.54) is 13.3 Å². The Bertz CT molecular complexity index is 295. The Morgan fingerprint density at radius 2 is 2.29 bits per heavy atom. The van der Waals surface area contributed by atoms with Gasteiger partial charge in [-0.15, -0.1) is 0 Å². The summed E-state index contributed by atoms with van der Waals surface area (Å²) in [5.41, 5.74) is 1.26. The second kappa shape index (κ2) is 5.34. The van der Waals surface area contributed by atoms with Crippen LogP contribution in [-0.2, 0) is 16.1 Å². The molecule has 0 radical (unpaired) electrons. The van der Waals surface area contributed by atoms with Crippen LogP contribution in [-0.4, -0.2) is 24.7 Å². The summed E-state index contributed by atoms with van der Waals surface area (Å²) in [5, 5.41) is 0. The summed E-state index contributed by atoms with van der Waals surface area (Å²) in [6.07, 6.45) is 1.49. The van der Waals surface area contributed by atoms with Crippen molar-refractivity contribution >= 4 is 5.97 Å². The third kappa shape index (κ3) is 2.81. The van der Waals surface area contributed by atoms with Crippen LogP contribution < -0.4 is 0 Å². The predicted octanol–water partition coefficient (Wildman–Crippen LogP) is 1.40. The van der Waals surface area contributed by atoms with E-state index in [-0.39, 0.29) is 5.97 Å². The molecule has 0 saturated carbocycles. The molecular weight excluding hydrogens is 182 g/mol. The number of esters is 1. The largest absolute Gasteiger partial charge is 0.465 e. The minimum atomic E-state index is -0.375. The van der Waals surface area contributed by atoms with Crippen molar-refractivity contribution in [1.82, 2.24) is 4.98 Å². The molecule has 0 aromatic carbocycles. The van der Waals surface area contributed by atoms with Crippen molar-refractivity contribution in [2.45, 2.75) is 13.5 Å². The molecular formula is C10H13NO3. The van der Waals surface area contributed by atoms with E-state index in [0.29, 0.717) is 18.8 Å². The average Bonchev–Trinajstić information content (AvgIpc) is 2.26. The molecule has 0 unspecified atom stereocenters. The van der Waals surface area contributed by atoms with E-state index in [4.69, 9.17) is 4.74 Å². The molecule has 0 N–H and O–H groups in total. The number of carbonyl (C=O) groups excluding carboxylic acids is 1. The fourth-order valence-electron chi connectivity index (χ4n) is 0.955. The Hall–Kier alpha value is -1.42. The van der Waals surface area contributed by atoms with Crippen LogP contribution >= 0.6 is 0 Å². The van der Waals surface area contributed by atoms with Crippen molar-refractivity contribution in [2.75, 3.05) is 13.7 Å². The van der Waals surface area contributed by atoms with Crippen LogP contribution in [0.5, 0.6) is 0 Å². The van der Waals surface area contributed by atoms with Gasteiger partial charge < -0.3 is 9.47 Å². The van der Waals surface area contributed by atoms with E-state index in [2.05, 4.69) is 9.72 Å². The standard InChI is InChI=1S/C10H13NO3/c1-3-14-7-9-5-4-8(6-11-9)10(12)13-2/h4-6H,3,7H2,1-2H3. The fraction of sp³-hybridized carbons (Fsp3) is 0.400. The molecule has 0 fully saturated rings. The Balaban J connectivity index is 2.63. The first-order chi connectivity index (χ1) is 6.77. The number of hydrogen-bond donors (Lipinski definition) is 0. The van der Waals surface area contributed by atoms with Crippen LogP contribution in [0.3, 0.4) is 0 Å². The highest BCUT2D eigenvalue weighted by molar-refractivity contribution is 5.88. The van der Waals surface area contributed by atoms with Crippen LogP contribution in [0.25, 0.3) is 0 Å². The summed E-state index contributed by atoms with van der Waals surface area (Å²) in [6, 6.07) is 3.43. The third-order valence-electron chi connectivity index (χ3n) is 1.70. The second-order valence-electron chi connectivity index (χ2n) is 2.67. The zero-order chi connectivity index (χ0) is 10.4. The quantitative estimate of drug-likeness (QED) is 0.681. The van der Waals surface area contributed by atoms with Crippen LogP contribution in [0.2, 0.25) is 0 Å². The SMILES string of the molecule is CCOCc1ccc(C(=O)OC)cn1. The van der Waals surface area contributed by atoms with Gasteiger partial charge in [-0.1, -0.05) is 0 Å². The van der Waals surface area contributed by atoms with Gasteiger partial charge in [-0.05, 0) is 19.1 Å². The summed E-state index contributed by atoms with van der Waals surface area (Å²) in [7, 11) is 1.34. The summed E-state index contributed by atoms with van der Waals surface area (Å²) in [5.74, 6) is -0.375. The lowest BCUT2D eigenvalue weighted by atomic mass is 10.2. The number of nitrogens with zero attached hydrogens (tertiary/aromatic N) is 1. The third-order valence-corrected chi connectivity index (χ3v) is 1.70. The van der Waals surface area contributed by atoms with Gasteiger partial charge in [0.25, 0.3) is 0 Å². The molecule has 0 bridgehead atoms. The molecule has 4 nitrogen and oxygen atoms in total. The van der Waals surface area contributed by atoms with E-state index in [0.717, 1.165) is 5.69 Å². The Kier molecular flexibility index (Phi) is 4.07. The number of carbonyl (C=O) groups is 1. The highest BCUT2D eigenvalue weighted by Gasteiger charge is 2.04. The minimum absolute atomic E-state index is 0.375. The van der Waals surface area contributed by atoms with Crippen molar-refractivity contribution < 1.29 is 14.3 Å². The molecule has 1 heterocycles. The Morgan fingerprint density at radius 3 is 2.79 bits per heavy atom. The molecule has 0 aliphatic heterocycles. The van der Waals surface area contributed by atoms with Gasteiger partial charge in [0.2, 0.25) is 0 Å². The van der Waals surface area contributed by atoms with E-state index < -0.39 is 0 Å². The molecule has 0 aliphatic rings. The van der Waals surface area contributed by atoms with Crippen molar-refractivity contribution in [3.63, 3.8) is 0 Å². The molecule has 76 valence electrons. The van der Waals surface area contributed by atoms with Gasteiger partial charge in [0.05, 0.1) is 25.0 Å². The van der Waals surface area contributed by atoms with Crippen molar-refractivity contribution in [3.05, 3.63) is 29.6 Å². The summed E-state index contributed by atoms with van der Waals surface area (Å²) >= 11 is 0. The maximum absolute atomic E-state index is 11.0. The summed E-state index contributed by atoms with van der Waals surface area (Å²) in [6.45, 7) is 3.04. The van der Waals surface area contributed by atoms with Gasteiger partial charge >= 0.3 is 5.97 Å². The van der Waals surface area contributed by atoms with Gasteiger partial charge in [-0.2, -0.15) is 0 Å². The normalized spacial score (nSPS) is 9.86. The maximum Gasteiger partial charge on any atom is 0.339 e. The molecule has 1 aromatic heterocycles. The van der Waals surface area contributed by atoms with Gasteiger partial charge in [0.15, 0.2) is 0 Å². The number of rotatable bonds is 4. The number of aromatic nitrogens is 1. The zero-order valence-corrected chi connectivity index (χ0v) is 8.32. The fourth-order valence-corrected chi connectivity index (χ4v) is 0.955. The van der Waals surface area contributed by atoms with Gasteiger partial charge in [-0.3, -0.25) is 4.98 Å². The minimum Gasteiger partial charge on any atom is -0.465 e. The monoisotopic (exact) mass is 195 g/mol. The zero-order valence-electron chi connectivity index (χ0n) is 8.32. The average molecular weight is 195 g/mol. The van der Waals surface area contributed by atoms with Gasteiger partial charge in [0.1, 0.15) is 0 Å². The number of pyridine rings is 1. The van der Waals surface area contributed by atoms with Crippen LogP contribution in [0.4, 0.5) is 0 Å². The number of methoxy groups -OCH3 is 1. The molecule has 14 heavy (non-hydrogen) atoms. The lowest BCUT2D eigenvalue weighted by Gasteiger charge is -2.01. The van der Waals surface area contributed by atoms with Crippen LogP contribution in [0, 0.1) is 0 Å². The van der Waals surface area contributed by atoms with Crippen LogP contribution in [0.1, 0.15) is 23.0 Å².